The van der Waals surface area contributed by atoms with Crippen molar-refractivity contribution in [1.82, 2.24) is 20.2 Å². The summed E-state index contributed by atoms with van der Waals surface area (Å²) in [5.74, 6) is 0. The van der Waals surface area contributed by atoms with Gasteiger partial charge in [0.1, 0.15) is 12.0 Å². The third-order valence-corrected chi connectivity index (χ3v) is 3.60. The summed E-state index contributed by atoms with van der Waals surface area (Å²) in [7, 11) is 1.60. The Morgan fingerprint density at radius 2 is 2.39 bits per heavy atom. The molecule has 0 N–H and O–H groups in total. The van der Waals surface area contributed by atoms with Crippen LogP contribution in [-0.4, -0.2) is 64.6 Å². The number of tetrazole rings is 1. The van der Waals surface area contributed by atoms with Crippen LogP contribution < -0.4 is 4.90 Å². The molecule has 3 rings (SSSR count). The fourth-order valence-corrected chi connectivity index (χ4v) is 2.57. The van der Waals surface area contributed by atoms with Gasteiger partial charge in [-0.2, -0.15) is 0 Å². The summed E-state index contributed by atoms with van der Waals surface area (Å²) in [4.78, 5) is 13.0. The van der Waals surface area contributed by atoms with Gasteiger partial charge in [0.25, 0.3) is 5.69 Å². The molecule has 0 radical (unpaired) electrons. The van der Waals surface area contributed by atoms with E-state index in [2.05, 4.69) is 15.5 Å². The van der Waals surface area contributed by atoms with Crippen LogP contribution in [-0.2, 0) is 9.47 Å². The van der Waals surface area contributed by atoms with Crippen LogP contribution in [0.3, 0.4) is 0 Å². The zero-order chi connectivity index (χ0) is 16.2. The molecule has 0 amide bonds. The number of hydrogen-bond donors (Lipinski definition) is 0. The van der Waals surface area contributed by atoms with Crippen LogP contribution in [0.5, 0.6) is 0 Å². The minimum atomic E-state index is -0.399. The highest BCUT2D eigenvalue weighted by Crippen LogP contribution is 2.31. The predicted octanol–water partition coefficient (Wildman–Crippen LogP) is 0.422. The zero-order valence-corrected chi connectivity index (χ0v) is 12.5. The largest absolute Gasteiger partial charge is 0.382 e. The van der Waals surface area contributed by atoms with Crippen molar-refractivity contribution in [3.8, 4) is 5.69 Å². The molecule has 1 saturated heterocycles. The third kappa shape index (κ3) is 3.27. The Morgan fingerprint density at radius 3 is 3.09 bits per heavy atom. The predicted molar refractivity (Wildman–Crippen MR) is 79.6 cm³/mol. The monoisotopic (exact) mass is 320 g/mol. The average molecular weight is 320 g/mol. The lowest BCUT2D eigenvalue weighted by Gasteiger charge is -2.33. The molecule has 0 bridgehead atoms. The molecule has 1 atom stereocenters. The summed E-state index contributed by atoms with van der Waals surface area (Å²) in [6.45, 7) is 2.08. The molecule has 0 saturated carbocycles. The van der Waals surface area contributed by atoms with E-state index in [1.807, 2.05) is 4.90 Å². The Labute approximate surface area is 131 Å². The standard InChI is InChI=1S/C13H16N6O4/c1-22-8-11-7-17(4-5-23-11)12-3-2-10(6-13(12)19(20)21)18-9-14-15-16-18/h2-3,6,9,11H,4-5,7-8H2,1H3. The van der Waals surface area contributed by atoms with Crippen LogP contribution in [0.4, 0.5) is 11.4 Å². The van der Waals surface area contributed by atoms with Gasteiger partial charge in [0.2, 0.25) is 0 Å². The van der Waals surface area contributed by atoms with E-state index in [0.717, 1.165) is 0 Å². The van der Waals surface area contributed by atoms with E-state index in [1.54, 1.807) is 19.2 Å². The van der Waals surface area contributed by atoms with Gasteiger partial charge in [-0.05, 0) is 22.6 Å². The van der Waals surface area contributed by atoms with Crippen molar-refractivity contribution < 1.29 is 14.4 Å². The summed E-state index contributed by atoms with van der Waals surface area (Å²) in [5, 5.41) is 22.3. The van der Waals surface area contributed by atoms with Gasteiger partial charge in [0, 0.05) is 26.3 Å². The number of anilines is 1. The number of nitro benzene ring substituents is 1. The number of methoxy groups -OCH3 is 1. The first-order chi connectivity index (χ1) is 11.2. The third-order valence-electron chi connectivity index (χ3n) is 3.60. The van der Waals surface area contributed by atoms with E-state index in [-0.39, 0.29) is 11.8 Å². The first-order valence-electron chi connectivity index (χ1n) is 7.06. The Kier molecular flexibility index (Phi) is 4.44. The van der Waals surface area contributed by atoms with E-state index >= 15 is 0 Å². The minimum absolute atomic E-state index is 0.0102. The van der Waals surface area contributed by atoms with E-state index in [9.17, 15) is 10.1 Å². The highest BCUT2D eigenvalue weighted by molar-refractivity contribution is 5.66. The Bertz CT molecular complexity index is 675. The molecule has 1 aromatic heterocycles. The molecule has 2 aromatic rings. The van der Waals surface area contributed by atoms with Crippen molar-refractivity contribution in [3.05, 3.63) is 34.6 Å². The summed E-state index contributed by atoms with van der Waals surface area (Å²) in [6.07, 6.45) is 1.29. The van der Waals surface area contributed by atoms with E-state index in [0.29, 0.717) is 37.7 Å². The minimum Gasteiger partial charge on any atom is -0.382 e. The first-order valence-corrected chi connectivity index (χ1v) is 7.06. The molecule has 122 valence electrons. The second-order valence-electron chi connectivity index (χ2n) is 5.08. The quantitative estimate of drug-likeness (QED) is 0.576. The number of morpholine rings is 1. The highest BCUT2D eigenvalue weighted by atomic mass is 16.6. The van der Waals surface area contributed by atoms with Gasteiger partial charge in [-0.15, -0.1) is 5.10 Å². The lowest BCUT2D eigenvalue weighted by Crippen LogP contribution is -2.44. The molecule has 1 aromatic carbocycles. The zero-order valence-electron chi connectivity index (χ0n) is 12.5. The summed E-state index contributed by atoms with van der Waals surface area (Å²) in [5.41, 5.74) is 1.10. The summed E-state index contributed by atoms with van der Waals surface area (Å²) < 4.78 is 12.1. The Balaban J connectivity index is 1.91. The fourth-order valence-electron chi connectivity index (χ4n) is 2.57. The molecule has 0 spiro atoms. The van der Waals surface area contributed by atoms with Gasteiger partial charge in [0.05, 0.1) is 29.9 Å². The maximum Gasteiger partial charge on any atom is 0.294 e. The van der Waals surface area contributed by atoms with Crippen molar-refractivity contribution >= 4 is 11.4 Å². The van der Waals surface area contributed by atoms with Crippen molar-refractivity contribution in [1.29, 1.82) is 0 Å². The molecule has 23 heavy (non-hydrogen) atoms. The van der Waals surface area contributed by atoms with E-state index in [4.69, 9.17) is 9.47 Å². The number of nitrogens with zero attached hydrogens (tertiary/aromatic N) is 6. The molecule has 10 nitrogen and oxygen atoms in total. The van der Waals surface area contributed by atoms with Crippen LogP contribution in [0.2, 0.25) is 0 Å². The molecular formula is C13H16N6O4. The lowest BCUT2D eigenvalue weighted by molar-refractivity contribution is -0.384. The number of hydrogen-bond acceptors (Lipinski definition) is 8. The number of ether oxygens (including phenoxy) is 2. The molecule has 1 unspecified atom stereocenters. The van der Waals surface area contributed by atoms with Crippen molar-refractivity contribution in [3.63, 3.8) is 0 Å². The van der Waals surface area contributed by atoms with Crippen LogP contribution in [0, 0.1) is 10.1 Å². The molecule has 0 aliphatic carbocycles. The van der Waals surface area contributed by atoms with Gasteiger partial charge < -0.3 is 14.4 Å². The van der Waals surface area contributed by atoms with Crippen molar-refractivity contribution in [2.75, 3.05) is 38.3 Å². The molecular weight excluding hydrogens is 304 g/mol. The smallest absolute Gasteiger partial charge is 0.294 e. The van der Waals surface area contributed by atoms with Gasteiger partial charge in [-0.3, -0.25) is 10.1 Å². The van der Waals surface area contributed by atoms with Crippen molar-refractivity contribution in [2.45, 2.75) is 6.10 Å². The lowest BCUT2D eigenvalue weighted by atomic mass is 10.2. The van der Waals surface area contributed by atoms with Crippen molar-refractivity contribution in [2.24, 2.45) is 0 Å². The van der Waals surface area contributed by atoms with Crippen LogP contribution >= 0.6 is 0 Å². The second-order valence-corrected chi connectivity index (χ2v) is 5.08. The number of nitro groups is 1. The van der Waals surface area contributed by atoms with Crippen LogP contribution in [0.25, 0.3) is 5.69 Å². The average Bonchev–Trinajstić information content (AvgIpc) is 3.09. The highest BCUT2D eigenvalue weighted by Gasteiger charge is 2.26. The number of rotatable bonds is 5. The maximum atomic E-state index is 11.5. The second kappa shape index (κ2) is 6.67. The van der Waals surface area contributed by atoms with Gasteiger partial charge >= 0.3 is 0 Å². The molecule has 1 aliphatic heterocycles. The SMILES string of the molecule is COCC1CN(c2ccc(-n3cnnn3)cc2[N+](=O)[O-])CCO1. The molecule has 1 aliphatic rings. The van der Waals surface area contributed by atoms with Crippen LogP contribution in [0.1, 0.15) is 0 Å². The molecule has 2 heterocycles. The summed E-state index contributed by atoms with van der Waals surface area (Å²) in [6, 6.07) is 4.93. The Hall–Kier alpha value is -2.59. The summed E-state index contributed by atoms with van der Waals surface area (Å²) >= 11 is 0. The topological polar surface area (TPSA) is 108 Å². The normalized spacial score (nSPS) is 18.1. The molecule has 1 fully saturated rings. The van der Waals surface area contributed by atoms with Gasteiger partial charge in [-0.25, -0.2) is 4.68 Å². The van der Waals surface area contributed by atoms with Crippen LogP contribution in [0.15, 0.2) is 24.5 Å². The first kappa shape index (κ1) is 15.3. The maximum absolute atomic E-state index is 11.5. The van der Waals surface area contributed by atoms with Gasteiger partial charge in [-0.1, -0.05) is 0 Å². The number of aromatic nitrogens is 4. The van der Waals surface area contributed by atoms with Gasteiger partial charge in [0.15, 0.2) is 0 Å². The fraction of sp³-hybridized carbons (Fsp3) is 0.462. The van der Waals surface area contributed by atoms with E-state index in [1.165, 1.54) is 17.1 Å². The number of benzene rings is 1. The molecule has 10 heteroatoms. The van der Waals surface area contributed by atoms with E-state index < -0.39 is 4.92 Å². The Morgan fingerprint density at radius 1 is 1.52 bits per heavy atom.